The van der Waals surface area contributed by atoms with Crippen LogP contribution < -0.4 is 9.47 Å². The van der Waals surface area contributed by atoms with Gasteiger partial charge < -0.3 is 13.9 Å². The molecule has 0 aromatic heterocycles. The zero-order valence-corrected chi connectivity index (χ0v) is 22.1. The van der Waals surface area contributed by atoms with Gasteiger partial charge >= 0.3 is 0 Å². The lowest BCUT2D eigenvalue weighted by atomic mass is 10.1. The van der Waals surface area contributed by atoms with Crippen LogP contribution in [0.25, 0.3) is 0 Å². The molecule has 0 saturated carbocycles. The zero-order valence-electron chi connectivity index (χ0n) is 21.1. The fourth-order valence-corrected chi connectivity index (χ4v) is 4.55. The number of carbonyl (C=O) groups is 2. The van der Waals surface area contributed by atoms with Crippen LogP contribution in [0.2, 0.25) is 18.1 Å². The van der Waals surface area contributed by atoms with Crippen molar-refractivity contribution in [3.63, 3.8) is 0 Å². The van der Waals surface area contributed by atoms with E-state index in [1.54, 1.807) is 24.3 Å². The minimum Gasteiger partial charge on any atom is -0.493 e. The quantitative estimate of drug-likeness (QED) is 0.213. The van der Waals surface area contributed by atoms with E-state index in [0.29, 0.717) is 23.5 Å². The van der Waals surface area contributed by atoms with Crippen molar-refractivity contribution >= 4 is 20.1 Å². The van der Waals surface area contributed by atoms with Crippen LogP contribution >= 0.6 is 0 Å². The summed E-state index contributed by atoms with van der Waals surface area (Å²) < 4.78 is 17.9. The molecule has 2 aromatic rings. The van der Waals surface area contributed by atoms with Crippen LogP contribution in [-0.2, 0) is 4.43 Å². The van der Waals surface area contributed by atoms with Crippen LogP contribution in [0.15, 0.2) is 48.5 Å². The molecule has 0 aliphatic carbocycles. The molecule has 0 N–H and O–H groups in total. The molecule has 1 aliphatic rings. The summed E-state index contributed by atoms with van der Waals surface area (Å²) >= 11 is 0. The first-order valence-corrected chi connectivity index (χ1v) is 15.0. The van der Waals surface area contributed by atoms with E-state index in [0.717, 1.165) is 31.6 Å². The van der Waals surface area contributed by atoms with Crippen molar-refractivity contribution in [2.75, 3.05) is 26.4 Å². The van der Waals surface area contributed by atoms with E-state index in [1.807, 2.05) is 24.3 Å². The van der Waals surface area contributed by atoms with Gasteiger partial charge in [0, 0.05) is 12.7 Å². The average molecular weight is 484 g/mol. The first-order chi connectivity index (χ1) is 16.1. The standard InChI is InChI=1S/C27H37NO5Si/c1-27(2,3)34(4,5)33-18-10-6-9-17-31-21-12-11-13-22(20-21)32-19-16-28-25(29)23-14-7-8-15-24(23)26(28)30/h7-8,11-15,20H,6,9-10,16-19H2,1-5H3. The zero-order chi connectivity index (χ0) is 24.8. The number of imide groups is 1. The maximum Gasteiger partial charge on any atom is 0.261 e. The van der Waals surface area contributed by atoms with Crippen LogP contribution in [0.1, 0.15) is 60.7 Å². The van der Waals surface area contributed by atoms with Gasteiger partial charge in [-0.3, -0.25) is 14.5 Å². The van der Waals surface area contributed by atoms with Gasteiger partial charge in [0.1, 0.15) is 18.1 Å². The molecule has 0 saturated heterocycles. The van der Waals surface area contributed by atoms with E-state index < -0.39 is 8.32 Å². The second kappa shape index (κ2) is 11.2. The molecule has 1 aliphatic heterocycles. The van der Waals surface area contributed by atoms with Gasteiger partial charge in [0.25, 0.3) is 11.8 Å². The Morgan fingerprint density at radius 1 is 0.765 bits per heavy atom. The number of benzene rings is 2. The number of hydrogen-bond acceptors (Lipinski definition) is 5. The summed E-state index contributed by atoms with van der Waals surface area (Å²) in [5.41, 5.74) is 0.906. The van der Waals surface area contributed by atoms with Crippen LogP contribution in [-0.4, -0.2) is 51.4 Å². The van der Waals surface area contributed by atoms with Crippen LogP contribution in [0.3, 0.4) is 0 Å². The highest BCUT2D eigenvalue weighted by Gasteiger charge is 2.37. The summed E-state index contributed by atoms with van der Waals surface area (Å²) in [5.74, 6) is 0.861. The van der Waals surface area contributed by atoms with Crippen molar-refractivity contribution < 1.29 is 23.5 Å². The number of unbranched alkanes of at least 4 members (excludes halogenated alkanes) is 2. The van der Waals surface area contributed by atoms with Crippen molar-refractivity contribution in [3.8, 4) is 11.5 Å². The number of nitrogens with zero attached hydrogens (tertiary/aromatic N) is 1. The van der Waals surface area contributed by atoms with Crippen molar-refractivity contribution in [3.05, 3.63) is 59.7 Å². The Balaban J connectivity index is 1.35. The van der Waals surface area contributed by atoms with E-state index >= 15 is 0 Å². The fraction of sp³-hybridized carbons (Fsp3) is 0.481. The summed E-state index contributed by atoms with van der Waals surface area (Å²) in [6.45, 7) is 13.2. The van der Waals surface area contributed by atoms with E-state index in [1.165, 1.54) is 4.90 Å². The van der Waals surface area contributed by atoms with E-state index in [2.05, 4.69) is 33.9 Å². The largest absolute Gasteiger partial charge is 0.493 e. The molecule has 34 heavy (non-hydrogen) atoms. The Kier molecular flexibility index (Phi) is 8.55. The predicted octanol–water partition coefficient (Wildman–Crippen LogP) is 5.93. The highest BCUT2D eigenvalue weighted by molar-refractivity contribution is 6.74. The Morgan fingerprint density at radius 3 is 1.91 bits per heavy atom. The number of carbonyl (C=O) groups excluding carboxylic acids is 2. The molecular formula is C27H37NO5Si. The van der Waals surface area contributed by atoms with Gasteiger partial charge in [0.15, 0.2) is 8.32 Å². The molecule has 184 valence electrons. The van der Waals surface area contributed by atoms with Gasteiger partial charge in [-0.15, -0.1) is 0 Å². The second-order valence-corrected chi connectivity index (χ2v) is 15.0. The maximum absolute atomic E-state index is 12.4. The highest BCUT2D eigenvalue weighted by atomic mass is 28.4. The normalized spacial score (nSPS) is 13.9. The topological polar surface area (TPSA) is 65.1 Å². The number of fused-ring (bicyclic) bond motifs is 1. The van der Waals surface area contributed by atoms with Crippen LogP contribution in [0.5, 0.6) is 11.5 Å². The van der Waals surface area contributed by atoms with Gasteiger partial charge in [-0.2, -0.15) is 0 Å². The van der Waals surface area contributed by atoms with Gasteiger partial charge in [0.2, 0.25) is 0 Å². The first-order valence-electron chi connectivity index (χ1n) is 12.0. The third-order valence-electron chi connectivity index (χ3n) is 6.59. The molecule has 0 radical (unpaired) electrons. The molecule has 0 unspecified atom stereocenters. The molecule has 1 heterocycles. The van der Waals surface area contributed by atoms with Gasteiger partial charge in [-0.1, -0.05) is 39.0 Å². The molecule has 2 amide bonds. The highest BCUT2D eigenvalue weighted by Crippen LogP contribution is 2.36. The minimum absolute atomic E-state index is 0.203. The molecular weight excluding hydrogens is 446 g/mol. The SMILES string of the molecule is CC(C)(C)[Si](C)(C)OCCCCCOc1cccc(OCCN2C(=O)c3ccccc3C2=O)c1. The van der Waals surface area contributed by atoms with Gasteiger partial charge in [0.05, 0.1) is 24.3 Å². The van der Waals surface area contributed by atoms with Crippen LogP contribution in [0.4, 0.5) is 0 Å². The molecule has 0 spiro atoms. The Morgan fingerprint density at radius 2 is 1.32 bits per heavy atom. The Bertz CT molecular complexity index is 964. The smallest absolute Gasteiger partial charge is 0.261 e. The van der Waals surface area contributed by atoms with Gasteiger partial charge in [-0.25, -0.2) is 0 Å². The summed E-state index contributed by atoms with van der Waals surface area (Å²) in [4.78, 5) is 26.1. The summed E-state index contributed by atoms with van der Waals surface area (Å²) in [6.07, 6.45) is 3.06. The van der Waals surface area contributed by atoms with Crippen LogP contribution in [0, 0.1) is 0 Å². The molecule has 2 aromatic carbocycles. The number of ether oxygens (including phenoxy) is 2. The van der Waals surface area contributed by atoms with E-state index in [9.17, 15) is 9.59 Å². The van der Waals surface area contributed by atoms with Crippen molar-refractivity contribution in [1.82, 2.24) is 4.90 Å². The van der Waals surface area contributed by atoms with Crippen molar-refractivity contribution in [2.24, 2.45) is 0 Å². The Labute approximate surface area is 204 Å². The lowest BCUT2D eigenvalue weighted by Crippen LogP contribution is -2.40. The fourth-order valence-electron chi connectivity index (χ4n) is 3.47. The lowest BCUT2D eigenvalue weighted by molar-refractivity contribution is 0.0631. The summed E-state index contributed by atoms with van der Waals surface area (Å²) in [7, 11) is -1.66. The maximum atomic E-state index is 12.4. The van der Waals surface area contributed by atoms with Crippen molar-refractivity contribution in [1.29, 1.82) is 0 Å². The molecule has 3 rings (SSSR count). The molecule has 0 bridgehead atoms. The minimum atomic E-state index is -1.66. The number of hydrogen-bond donors (Lipinski definition) is 0. The number of amides is 2. The monoisotopic (exact) mass is 483 g/mol. The number of rotatable bonds is 12. The van der Waals surface area contributed by atoms with E-state index in [4.69, 9.17) is 13.9 Å². The van der Waals surface area contributed by atoms with E-state index in [-0.39, 0.29) is 30.0 Å². The van der Waals surface area contributed by atoms with Crippen molar-refractivity contribution in [2.45, 2.75) is 58.2 Å². The molecule has 0 fully saturated rings. The third kappa shape index (κ3) is 6.48. The van der Waals surface area contributed by atoms with Gasteiger partial charge in [-0.05, 0) is 61.7 Å². The second-order valence-electron chi connectivity index (χ2n) is 10.1. The Hall–Kier alpha value is -2.64. The average Bonchev–Trinajstić information content (AvgIpc) is 3.03. The summed E-state index contributed by atoms with van der Waals surface area (Å²) in [5, 5.41) is 0.244. The molecule has 6 nitrogen and oxygen atoms in total. The molecule has 7 heteroatoms. The first kappa shape index (κ1) is 26.0. The molecule has 0 atom stereocenters. The lowest BCUT2D eigenvalue weighted by Gasteiger charge is -2.36. The summed E-state index contributed by atoms with van der Waals surface area (Å²) in [6, 6.07) is 14.3. The predicted molar refractivity (Wildman–Crippen MR) is 136 cm³/mol. The third-order valence-corrected chi connectivity index (χ3v) is 11.1.